The molecule has 130 valence electrons. The zero-order valence-corrected chi connectivity index (χ0v) is 14.7. The van der Waals surface area contributed by atoms with Gasteiger partial charge in [0.15, 0.2) is 0 Å². The Labute approximate surface area is 150 Å². The topological polar surface area (TPSA) is 53.6 Å². The lowest BCUT2D eigenvalue weighted by molar-refractivity contribution is -0.135. The fourth-order valence-electron chi connectivity index (χ4n) is 2.95. The number of hydrogen-bond donors (Lipinski definition) is 2. The average Bonchev–Trinajstić information content (AvgIpc) is 2.57. The molecule has 2 saturated heterocycles. The molecule has 23 heavy (non-hydrogen) atoms. The number of carbonyl (C=O) groups excluding carboxylic acids is 1. The molecule has 2 N–H and O–H groups in total. The van der Waals surface area contributed by atoms with Crippen molar-refractivity contribution in [3.8, 4) is 0 Å². The maximum Gasteiger partial charge on any atom is 0.250 e. The number of ether oxygens (including phenoxy) is 1. The molecule has 1 aromatic carbocycles. The number of hydrogen-bond acceptors (Lipinski definition) is 4. The number of para-hydroxylation sites is 1. The van der Waals surface area contributed by atoms with Gasteiger partial charge in [0.2, 0.25) is 0 Å². The molecule has 0 spiro atoms. The van der Waals surface area contributed by atoms with Gasteiger partial charge in [-0.25, -0.2) is 0 Å². The molecular formula is C16H25Cl2N3O2. The van der Waals surface area contributed by atoms with Crippen molar-refractivity contribution in [3.63, 3.8) is 0 Å². The molecule has 1 unspecified atom stereocenters. The molecule has 5 nitrogen and oxygen atoms in total. The highest BCUT2D eigenvalue weighted by Crippen LogP contribution is 2.19. The van der Waals surface area contributed by atoms with Crippen LogP contribution in [0.25, 0.3) is 0 Å². The van der Waals surface area contributed by atoms with E-state index in [2.05, 4.69) is 39.8 Å². The van der Waals surface area contributed by atoms with Gasteiger partial charge in [-0.15, -0.1) is 24.8 Å². The molecule has 2 aliphatic heterocycles. The van der Waals surface area contributed by atoms with Crippen LogP contribution >= 0.6 is 24.8 Å². The van der Waals surface area contributed by atoms with Crippen LogP contribution < -0.4 is 15.5 Å². The number of benzene rings is 1. The summed E-state index contributed by atoms with van der Waals surface area (Å²) in [4.78, 5) is 14.5. The number of halogens is 2. The number of anilines is 1. The Morgan fingerprint density at radius 2 is 1.87 bits per heavy atom. The minimum atomic E-state index is -0.328. The number of carbonyl (C=O) groups is 1. The van der Waals surface area contributed by atoms with E-state index in [-0.39, 0.29) is 42.9 Å². The summed E-state index contributed by atoms with van der Waals surface area (Å²) < 4.78 is 5.49. The molecule has 1 atom stereocenters. The maximum atomic E-state index is 12.1. The number of amides is 1. The summed E-state index contributed by atoms with van der Waals surface area (Å²) in [5.74, 6) is 0.0281. The Kier molecular flexibility index (Phi) is 8.69. The first-order valence-electron chi connectivity index (χ1n) is 7.75. The van der Waals surface area contributed by atoms with E-state index in [1.165, 1.54) is 5.69 Å². The molecule has 2 aliphatic rings. The zero-order chi connectivity index (χ0) is 14.5. The molecule has 0 saturated carbocycles. The molecule has 0 bridgehead atoms. The number of morpholine rings is 1. The molecule has 0 aliphatic carbocycles. The highest BCUT2D eigenvalue weighted by Gasteiger charge is 2.26. The van der Waals surface area contributed by atoms with Gasteiger partial charge in [-0.2, -0.15) is 0 Å². The highest BCUT2D eigenvalue weighted by atomic mass is 35.5. The SMILES string of the molecule is Cl.Cl.O=C(NC1CCN(c2ccccc2)CC1)C1CNCCO1. The quantitative estimate of drug-likeness (QED) is 0.858. The first kappa shape index (κ1) is 20.0. The van der Waals surface area contributed by atoms with Crippen molar-refractivity contribution in [2.75, 3.05) is 37.7 Å². The molecule has 1 amide bonds. The molecule has 2 fully saturated rings. The van der Waals surface area contributed by atoms with Gasteiger partial charge < -0.3 is 20.3 Å². The van der Waals surface area contributed by atoms with Gasteiger partial charge in [0.05, 0.1) is 6.61 Å². The Morgan fingerprint density at radius 1 is 1.17 bits per heavy atom. The van der Waals surface area contributed by atoms with E-state index in [0.717, 1.165) is 32.5 Å². The first-order chi connectivity index (χ1) is 10.3. The van der Waals surface area contributed by atoms with Crippen LogP contribution in [-0.2, 0) is 9.53 Å². The predicted octanol–water partition coefficient (Wildman–Crippen LogP) is 1.60. The Morgan fingerprint density at radius 3 is 2.48 bits per heavy atom. The fourth-order valence-corrected chi connectivity index (χ4v) is 2.95. The number of rotatable bonds is 3. The second-order valence-corrected chi connectivity index (χ2v) is 5.67. The summed E-state index contributed by atoms with van der Waals surface area (Å²) in [7, 11) is 0. The largest absolute Gasteiger partial charge is 0.371 e. The van der Waals surface area contributed by atoms with Crippen LogP contribution in [0.1, 0.15) is 12.8 Å². The van der Waals surface area contributed by atoms with Crippen molar-refractivity contribution in [2.45, 2.75) is 25.0 Å². The number of piperidine rings is 1. The monoisotopic (exact) mass is 361 g/mol. The number of nitrogens with zero attached hydrogens (tertiary/aromatic N) is 1. The van der Waals surface area contributed by atoms with E-state index in [0.29, 0.717) is 13.2 Å². The van der Waals surface area contributed by atoms with Crippen LogP contribution in [0.5, 0.6) is 0 Å². The zero-order valence-electron chi connectivity index (χ0n) is 13.1. The van der Waals surface area contributed by atoms with Crippen LogP contribution in [0.4, 0.5) is 5.69 Å². The summed E-state index contributed by atoms with van der Waals surface area (Å²) in [5, 5.41) is 6.32. The van der Waals surface area contributed by atoms with Gasteiger partial charge in [-0.1, -0.05) is 18.2 Å². The third-order valence-electron chi connectivity index (χ3n) is 4.18. The summed E-state index contributed by atoms with van der Waals surface area (Å²) in [6.07, 6.45) is 1.65. The van der Waals surface area contributed by atoms with Gasteiger partial charge in [0, 0.05) is 37.9 Å². The molecular weight excluding hydrogens is 337 g/mol. The van der Waals surface area contributed by atoms with Crippen molar-refractivity contribution >= 4 is 36.4 Å². The molecule has 3 rings (SSSR count). The summed E-state index contributed by atoms with van der Waals surface area (Å²) in [6.45, 7) is 4.04. The van der Waals surface area contributed by atoms with E-state index in [1.807, 2.05) is 6.07 Å². The standard InChI is InChI=1S/C16H23N3O2.2ClH/c20-16(15-12-17-8-11-21-15)18-13-6-9-19(10-7-13)14-4-2-1-3-5-14;;/h1-5,13,15,17H,6-12H2,(H,18,20);2*1H. The van der Waals surface area contributed by atoms with E-state index in [4.69, 9.17) is 4.74 Å². The average molecular weight is 362 g/mol. The minimum absolute atomic E-state index is 0. The Bertz CT molecular complexity index is 462. The Balaban J connectivity index is 0.00000132. The second-order valence-electron chi connectivity index (χ2n) is 5.67. The molecule has 7 heteroatoms. The van der Waals surface area contributed by atoms with Gasteiger partial charge in [-0.05, 0) is 25.0 Å². The molecule has 1 aromatic rings. The maximum absolute atomic E-state index is 12.1. The van der Waals surface area contributed by atoms with E-state index in [9.17, 15) is 4.79 Å². The lowest BCUT2D eigenvalue weighted by Crippen LogP contribution is -2.52. The van der Waals surface area contributed by atoms with Gasteiger partial charge in [0.25, 0.3) is 5.91 Å². The summed E-state index contributed by atoms with van der Waals surface area (Å²) in [5.41, 5.74) is 1.27. The van der Waals surface area contributed by atoms with Gasteiger partial charge >= 0.3 is 0 Å². The lowest BCUT2D eigenvalue weighted by Gasteiger charge is -2.34. The number of nitrogens with one attached hydrogen (secondary N) is 2. The van der Waals surface area contributed by atoms with Crippen LogP contribution in [0.3, 0.4) is 0 Å². The highest BCUT2D eigenvalue weighted by molar-refractivity contribution is 5.85. The summed E-state index contributed by atoms with van der Waals surface area (Å²) >= 11 is 0. The minimum Gasteiger partial charge on any atom is -0.371 e. The Hall–Kier alpha value is -1.01. The third-order valence-corrected chi connectivity index (χ3v) is 4.18. The normalized spacial score (nSPS) is 21.7. The predicted molar refractivity (Wildman–Crippen MR) is 96.9 cm³/mol. The van der Waals surface area contributed by atoms with Crippen molar-refractivity contribution in [3.05, 3.63) is 30.3 Å². The second kappa shape index (κ2) is 9.98. The van der Waals surface area contributed by atoms with E-state index < -0.39 is 0 Å². The fraction of sp³-hybridized carbons (Fsp3) is 0.562. The van der Waals surface area contributed by atoms with E-state index in [1.54, 1.807) is 0 Å². The molecule has 2 heterocycles. The smallest absolute Gasteiger partial charge is 0.250 e. The van der Waals surface area contributed by atoms with Crippen molar-refractivity contribution in [1.82, 2.24) is 10.6 Å². The van der Waals surface area contributed by atoms with Gasteiger partial charge in [-0.3, -0.25) is 4.79 Å². The van der Waals surface area contributed by atoms with Crippen molar-refractivity contribution < 1.29 is 9.53 Å². The summed E-state index contributed by atoms with van der Waals surface area (Å²) in [6, 6.07) is 10.7. The molecule has 0 radical (unpaired) electrons. The van der Waals surface area contributed by atoms with Crippen LogP contribution in [0.2, 0.25) is 0 Å². The van der Waals surface area contributed by atoms with Crippen LogP contribution in [0.15, 0.2) is 30.3 Å². The van der Waals surface area contributed by atoms with E-state index >= 15 is 0 Å². The first-order valence-corrected chi connectivity index (χ1v) is 7.75. The van der Waals surface area contributed by atoms with Crippen LogP contribution in [-0.4, -0.2) is 50.8 Å². The van der Waals surface area contributed by atoms with Gasteiger partial charge in [0.1, 0.15) is 6.10 Å². The third kappa shape index (κ3) is 5.53. The lowest BCUT2D eigenvalue weighted by atomic mass is 10.0. The van der Waals surface area contributed by atoms with Crippen molar-refractivity contribution in [2.24, 2.45) is 0 Å². The molecule has 0 aromatic heterocycles. The van der Waals surface area contributed by atoms with Crippen LogP contribution in [0, 0.1) is 0 Å². The van der Waals surface area contributed by atoms with Crippen molar-refractivity contribution in [1.29, 1.82) is 0 Å².